The normalized spacial score (nSPS) is 17.3. The third kappa shape index (κ3) is 6.22. The van der Waals surface area contributed by atoms with E-state index in [9.17, 15) is 18.0 Å². The largest absolute Gasteiger partial charge is 0.488 e. The van der Waals surface area contributed by atoms with E-state index in [0.29, 0.717) is 16.5 Å². The average molecular weight is 543 g/mol. The van der Waals surface area contributed by atoms with Gasteiger partial charge in [0.2, 0.25) is 0 Å². The summed E-state index contributed by atoms with van der Waals surface area (Å²) in [5.74, 6) is -1.57. The van der Waals surface area contributed by atoms with Gasteiger partial charge in [-0.1, -0.05) is 5.16 Å². The molecule has 0 aliphatic carbocycles. The van der Waals surface area contributed by atoms with Gasteiger partial charge < -0.3 is 26.4 Å². The number of amides is 2. The Kier molecular flexibility index (Phi) is 7.72. The molecule has 1 fully saturated rings. The van der Waals surface area contributed by atoms with Crippen molar-refractivity contribution < 1.29 is 36.4 Å². The van der Waals surface area contributed by atoms with Crippen molar-refractivity contribution in [1.82, 2.24) is 20.3 Å². The second kappa shape index (κ2) is 10.4. The van der Waals surface area contributed by atoms with Crippen LogP contribution in [0.25, 0.3) is 0 Å². The molecule has 0 saturated carbocycles. The molecule has 7 N–H and O–H groups in total. The van der Waals surface area contributed by atoms with E-state index in [1.54, 1.807) is 6.07 Å². The molecular formula is C18H22N8O8S2. The van der Waals surface area contributed by atoms with Crippen LogP contribution in [0.5, 0.6) is 5.75 Å². The van der Waals surface area contributed by atoms with Crippen LogP contribution in [0, 0.1) is 5.41 Å². The van der Waals surface area contributed by atoms with Crippen LogP contribution in [0.2, 0.25) is 0 Å². The summed E-state index contributed by atoms with van der Waals surface area (Å²) in [6.45, 7) is 2.76. The summed E-state index contributed by atoms with van der Waals surface area (Å²) in [6.07, 6.45) is 1.38. The van der Waals surface area contributed by atoms with Gasteiger partial charge in [-0.2, -0.15) is 13.5 Å². The van der Waals surface area contributed by atoms with Crippen LogP contribution >= 0.6 is 11.3 Å². The van der Waals surface area contributed by atoms with Crippen molar-refractivity contribution in [2.24, 2.45) is 10.9 Å². The first-order chi connectivity index (χ1) is 16.8. The SMILES string of the molecule is CC1(C)[C@H](NC(=O)C(=NOCCOc2ccc(C(=N)N)nc2)c2csc(N)n2)C(=O)N1OS(=O)(=O)O. The number of rotatable bonds is 11. The quantitative estimate of drug-likeness (QED) is 0.0575. The molecule has 0 spiro atoms. The molecule has 18 heteroatoms. The fourth-order valence-corrected chi connectivity index (χ4v) is 3.95. The minimum absolute atomic E-state index is 0.0226. The van der Waals surface area contributed by atoms with Gasteiger partial charge in [-0.3, -0.25) is 19.6 Å². The smallest absolute Gasteiger partial charge is 0.418 e. The van der Waals surface area contributed by atoms with Crippen molar-refractivity contribution in [3.05, 3.63) is 35.1 Å². The Hall–Kier alpha value is -3.87. The fourth-order valence-electron chi connectivity index (χ4n) is 2.95. The first kappa shape index (κ1) is 26.7. The minimum Gasteiger partial charge on any atom is -0.488 e. The summed E-state index contributed by atoms with van der Waals surface area (Å²) in [6, 6.07) is 1.87. The van der Waals surface area contributed by atoms with E-state index in [-0.39, 0.29) is 35.6 Å². The average Bonchev–Trinajstić information content (AvgIpc) is 3.23. The molecule has 0 aromatic carbocycles. The van der Waals surface area contributed by atoms with Crippen LogP contribution in [0.15, 0.2) is 28.9 Å². The molecule has 1 saturated heterocycles. The van der Waals surface area contributed by atoms with E-state index in [4.69, 9.17) is 31.0 Å². The molecule has 1 aliphatic rings. The highest BCUT2D eigenvalue weighted by molar-refractivity contribution is 7.80. The Balaban J connectivity index is 1.64. The summed E-state index contributed by atoms with van der Waals surface area (Å²) in [5, 5.41) is 15.6. The Morgan fingerprint density at radius 1 is 1.36 bits per heavy atom. The van der Waals surface area contributed by atoms with E-state index < -0.39 is 33.8 Å². The molecule has 3 rings (SSSR count). The molecule has 16 nitrogen and oxygen atoms in total. The third-order valence-corrected chi connectivity index (χ3v) is 5.72. The molecule has 1 aliphatic heterocycles. The van der Waals surface area contributed by atoms with Gasteiger partial charge in [0.1, 0.15) is 35.6 Å². The molecule has 3 heterocycles. The van der Waals surface area contributed by atoms with Crippen molar-refractivity contribution in [2.45, 2.75) is 25.4 Å². The topological polar surface area (TPSA) is 246 Å². The van der Waals surface area contributed by atoms with Crippen molar-refractivity contribution in [2.75, 3.05) is 18.9 Å². The van der Waals surface area contributed by atoms with E-state index >= 15 is 0 Å². The number of amidine groups is 1. The molecule has 2 aromatic rings. The summed E-state index contributed by atoms with van der Waals surface area (Å²) in [4.78, 5) is 38.4. The van der Waals surface area contributed by atoms with Gasteiger partial charge in [0, 0.05) is 5.38 Å². The molecule has 2 amide bonds. The molecule has 36 heavy (non-hydrogen) atoms. The van der Waals surface area contributed by atoms with Gasteiger partial charge in [-0.25, -0.2) is 9.97 Å². The van der Waals surface area contributed by atoms with Gasteiger partial charge in [0.25, 0.3) is 11.8 Å². The van der Waals surface area contributed by atoms with Gasteiger partial charge in [-0.05, 0) is 26.0 Å². The highest BCUT2D eigenvalue weighted by Gasteiger charge is 2.58. The summed E-state index contributed by atoms with van der Waals surface area (Å²) < 4.78 is 40.5. The highest BCUT2D eigenvalue weighted by atomic mass is 32.3. The number of pyridine rings is 1. The monoisotopic (exact) mass is 542 g/mol. The van der Waals surface area contributed by atoms with Crippen molar-refractivity contribution in [3.8, 4) is 5.75 Å². The molecule has 0 radical (unpaired) electrons. The first-order valence-corrected chi connectivity index (χ1v) is 12.2. The number of carbonyl (C=O) groups excluding carboxylic acids is 2. The van der Waals surface area contributed by atoms with E-state index in [1.807, 2.05) is 0 Å². The lowest BCUT2D eigenvalue weighted by atomic mass is 9.84. The van der Waals surface area contributed by atoms with E-state index in [1.165, 1.54) is 31.5 Å². The lowest BCUT2D eigenvalue weighted by Gasteiger charge is -2.50. The number of oxime groups is 1. The summed E-state index contributed by atoms with van der Waals surface area (Å²) >= 11 is 1.04. The maximum Gasteiger partial charge on any atom is 0.418 e. The van der Waals surface area contributed by atoms with Crippen LogP contribution in [0.1, 0.15) is 25.2 Å². The van der Waals surface area contributed by atoms with Crippen LogP contribution in [0.3, 0.4) is 0 Å². The second-order valence-electron chi connectivity index (χ2n) is 7.68. The molecule has 0 unspecified atom stereocenters. The number of nitrogen functional groups attached to an aromatic ring is 2. The van der Waals surface area contributed by atoms with Crippen LogP contribution < -0.4 is 21.5 Å². The second-order valence-corrected chi connectivity index (χ2v) is 9.57. The third-order valence-electron chi connectivity index (χ3n) is 4.71. The number of anilines is 1. The van der Waals surface area contributed by atoms with Crippen LogP contribution in [-0.2, 0) is 29.1 Å². The molecule has 0 bridgehead atoms. The van der Waals surface area contributed by atoms with Crippen molar-refractivity contribution in [3.63, 3.8) is 0 Å². The number of hydrogen-bond acceptors (Lipinski definition) is 13. The number of nitrogens with one attached hydrogen (secondary N) is 2. The number of thiazole rings is 1. The molecule has 2 aromatic heterocycles. The number of ether oxygens (including phenoxy) is 1. The lowest BCUT2D eigenvalue weighted by molar-refractivity contribution is -0.218. The summed E-state index contributed by atoms with van der Waals surface area (Å²) in [7, 11) is -4.94. The Labute approximate surface area is 208 Å². The van der Waals surface area contributed by atoms with Crippen LogP contribution in [0.4, 0.5) is 5.13 Å². The number of nitrogens with zero attached hydrogens (tertiary/aromatic N) is 4. The number of nitrogens with two attached hydrogens (primary N) is 2. The number of aromatic nitrogens is 2. The van der Waals surface area contributed by atoms with E-state index in [0.717, 1.165) is 11.3 Å². The van der Waals surface area contributed by atoms with Crippen molar-refractivity contribution in [1.29, 1.82) is 5.41 Å². The fraction of sp³-hybridized carbons (Fsp3) is 0.333. The lowest BCUT2D eigenvalue weighted by Crippen LogP contribution is -2.76. The summed E-state index contributed by atoms with van der Waals surface area (Å²) in [5.41, 5.74) is 9.73. The first-order valence-electron chi connectivity index (χ1n) is 9.96. The zero-order valence-electron chi connectivity index (χ0n) is 18.9. The maximum atomic E-state index is 12.9. The molecule has 194 valence electrons. The Morgan fingerprint density at radius 2 is 2.08 bits per heavy atom. The maximum absolute atomic E-state index is 12.9. The Morgan fingerprint density at radius 3 is 2.61 bits per heavy atom. The zero-order chi connectivity index (χ0) is 26.7. The molecular weight excluding hydrogens is 520 g/mol. The van der Waals surface area contributed by atoms with Gasteiger partial charge >= 0.3 is 10.4 Å². The Bertz CT molecular complexity index is 1290. The zero-order valence-corrected chi connectivity index (χ0v) is 20.5. The van der Waals surface area contributed by atoms with Gasteiger partial charge in [0.05, 0.1) is 11.7 Å². The predicted molar refractivity (Wildman–Crippen MR) is 125 cm³/mol. The number of hydrogen-bond donors (Lipinski definition) is 5. The number of β-lactam (4-membered cyclic amide) rings is 1. The van der Waals surface area contributed by atoms with Crippen molar-refractivity contribution >= 4 is 50.2 Å². The molecule has 1 atom stereocenters. The van der Waals surface area contributed by atoms with E-state index in [2.05, 4.69) is 24.7 Å². The number of hydroxylamine groups is 2. The standard InChI is InChI=1S/C18H22N8O8S2/c1-18(2)13(16(28)26(18)34-36(29,30)31)24-15(27)12(11-8-35-17(21)23-11)25-33-6-5-32-9-3-4-10(14(19)20)22-7-9/h3-4,7-8,13H,5-6H2,1-2H3,(H3,19,20)(H2,21,23)(H,24,27)(H,29,30,31)/t13-/m1/s1. The predicted octanol–water partition coefficient (Wildman–Crippen LogP) is -0.956. The van der Waals surface area contributed by atoms with Crippen LogP contribution in [-0.4, -0.2) is 76.2 Å². The highest BCUT2D eigenvalue weighted by Crippen LogP contribution is 2.32. The minimum atomic E-state index is -4.94. The number of carbonyl (C=O) groups is 2. The van der Waals surface area contributed by atoms with Gasteiger partial charge in [0.15, 0.2) is 17.5 Å². The van der Waals surface area contributed by atoms with Gasteiger partial charge in [-0.15, -0.1) is 15.6 Å².